The van der Waals surface area contributed by atoms with Gasteiger partial charge in [-0.15, -0.1) is 11.3 Å². The van der Waals surface area contributed by atoms with Gasteiger partial charge in [0.05, 0.1) is 5.56 Å². The Balaban J connectivity index is 1.95. The monoisotopic (exact) mass is 322 g/mol. The van der Waals surface area contributed by atoms with Crippen LogP contribution in [-0.4, -0.2) is 20.9 Å². The quantitative estimate of drug-likeness (QED) is 0.918. The molecule has 1 aromatic carbocycles. The molecule has 1 aliphatic heterocycles. The molecule has 0 atom stereocenters. The van der Waals surface area contributed by atoms with Crippen LogP contribution in [0.5, 0.6) is 0 Å². The van der Waals surface area contributed by atoms with Crippen LogP contribution in [0.15, 0.2) is 39.9 Å². The number of nitrogens with two attached hydrogens (primary N) is 1. The molecule has 2 heterocycles. The molecule has 0 radical (unpaired) electrons. The van der Waals surface area contributed by atoms with E-state index in [1.807, 2.05) is 24.3 Å². The molecule has 0 aliphatic carbocycles. The fraction of sp³-hybridized carbons (Fsp3) is 0.214. The number of anilines is 1. The van der Waals surface area contributed by atoms with Gasteiger partial charge < -0.3 is 4.90 Å². The maximum absolute atomic E-state index is 12.6. The van der Waals surface area contributed by atoms with E-state index < -0.39 is 10.0 Å². The van der Waals surface area contributed by atoms with Crippen LogP contribution in [0.2, 0.25) is 0 Å². The van der Waals surface area contributed by atoms with Crippen molar-refractivity contribution in [2.24, 2.45) is 5.14 Å². The summed E-state index contributed by atoms with van der Waals surface area (Å²) in [6, 6.07) is 9.13. The normalized spacial score (nSPS) is 14.8. The van der Waals surface area contributed by atoms with E-state index in [2.05, 4.69) is 0 Å². The first-order chi connectivity index (χ1) is 9.97. The SMILES string of the molecule is NS(=O)(=O)c1cc(C(=O)N2CCCc3ccccc32)cs1. The van der Waals surface area contributed by atoms with Gasteiger partial charge in [0, 0.05) is 17.6 Å². The molecule has 21 heavy (non-hydrogen) atoms. The summed E-state index contributed by atoms with van der Waals surface area (Å²) in [5, 5.41) is 6.62. The lowest BCUT2D eigenvalue weighted by atomic mass is 10.0. The Bertz CT molecular complexity index is 796. The summed E-state index contributed by atoms with van der Waals surface area (Å²) in [4.78, 5) is 14.3. The molecule has 2 aromatic rings. The Hall–Kier alpha value is -1.70. The fourth-order valence-corrected chi connectivity index (χ4v) is 4.06. The molecular weight excluding hydrogens is 308 g/mol. The summed E-state index contributed by atoms with van der Waals surface area (Å²) in [7, 11) is -3.76. The van der Waals surface area contributed by atoms with Crippen LogP contribution in [0, 0.1) is 0 Å². The third kappa shape index (κ3) is 2.72. The van der Waals surface area contributed by atoms with Gasteiger partial charge in [-0.25, -0.2) is 13.6 Å². The van der Waals surface area contributed by atoms with Crippen molar-refractivity contribution >= 4 is 33.0 Å². The van der Waals surface area contributed by atoms with Crippen molar-refractivity contribution in [2.45, 2.75) is 17.1 Å². The highest BCUT2D eigenvalue weighted by atomic mass is 32.2. The average Bonchev–Trinajstić information content (AvgIpc) is 2.96. The number of hydrogen-bond donors (Lipinski definition) is 1. The van der Waals surface area contributed by atoms with Crippen LogP contribution >= 0.6 is 11.3 Å². The zero-order valence-corrected chi connectivity index (χ0v) is 12.8. The Morgan fingerprint density at radius 2 is 2.05 bits per heavy atom. The number of primary sulfonamides is 1. The molecule has 0 bridgehead atoms. The highest BCUT2D eigenvalue weighted by molar-refractivity contribution is 7.91. The number of aryl methyl sites for hydroxylation is 1. The number of amides is 1. The molecule has 7 heteroatoms. The Kier molecular flexibility index (Phi) is 3.56. The lowest BCUT2D eigenvalue weighted by molar-refractivity contribution is 0.0985. The van der Waals surface area contributed by atoms with E-state index in [9.17, 15) is 13.2 Å². The highest BCUT2D eigenvalue weighted by Crippen LogP contribution is 2.29. The molecule has 1 aromatic heterocycles. The molecular formula is C14H14N2O3S2. The summed E-state index contributed by atoms with van der Waals surface area (Å²) >= 11 is 0.970. The van der Waals surface area contributed by atoms with Crippen LogP contribution in [-0.2, 0) is 16.4 Å². The summed E-state index contributed by atoms with van der Waals surface area (Å²) in [6.07, 6.45) is 1.85. The number of sulfonamides is 1. The third-order valence-corrected chi connectivity index (χ3v) is 5.84. The molecule has 1 amide bonds. The van der Waals surface area contributed by atoms with Crippen molar-refractivity contribution in [1.29, 1.82) is 0 Å². The Labute approximate surface area is 127 Å². The number of thiophene rings is 1. The van der Waals surface area contributed by atoms with Gasteiger partial charge in [0.25, 0.3) is 5.91 Å². The lowest BCUT2D eigenvalue weighted by Crippen LogP contribution is -2.35. The van der Waals surface area contributed by atoms with Gasteiger partial charge in [-0.05, 0) is 30.5 Å². The molecule has 5 nitrogen and oxygen atoms in total. The number of fused-ring (bicyclic) bond motifs is 1. The smallest absolute Gasteiger partial charge is 0.259 e. The van der Waals surface area contributed by atoms with Gasteiger partial charge >= 0.3 is 0 Å². The second kappa shape index (κ2) is 5.25. The minimum absolute atomic E-state index is 0.0103. The Morgan fingerprint density at radius 1 is 1.29 bits per heavy atom. The summed E-state index contributed by atoms with van der Waals surface area (Å²) in [6.45, 7) is 0.635. The zero-order chi connectivity index (χ0) is 15.0. The van der Waals surface area contributed by atoms with Gasteiger partial charge in [0.2, 0.25) is 10.0 Å². The predicted molar refractivity (Wildman–Crippen MR) is 82.1 cm³/mol. The molecule has 1 aliphatic rings. The number of carbonyl (C=O) groups is 1. The number of nitrogens with zero attached hydrogens (tertiary/aromatic N) is 1. The van der Waals surface area contributed by atoms with Crippen LogP contribution < -0.4 is 10.0 Å². The topological polar surface area (TPSA) is 80.5 Å². The van der Waals surface area contributed by atoms with E-state index in [1.165, 1.54) is 6.07 Å². The van der Waals surface area contributed by atoms with E-state index >= 15 is 0 Å². The average molecular weight is 322 g/mol. The van der Waals surface area contributed by atoms with Crippen molar-refractivity contribution in [3.63, 3.8) is 0 Å². The molecule has 110 valence electrons. The molecule has 0 saturated carbocycles. The van der Waals surface area contributed by atoms with E-state index in [4.69, 9.17) is 5.14 Å². The van der Waals surface area contributed by atoms with E-state index in [0.29, 0.717) is 12.1 Å². The number of carbonyl (C=O) groups excluding carboxylic acids is 1. The zero-order valence-electron chi connectivity index (χ0n) is 11.2. The third-order valence-electron chi connectivity index (χ3n) is 3.46. The molecule has 0 spiro atoms. The molecule has 2 N–H and O–H groups in total. The molecule has 0 saturated heterocycles. The van der Waals surface area contributed by atoms with Gasteiger partial charge in [-0.1, -0.05) is 18.2 Å². The lowest BCUT2D eigenvalue weighted by Gasteiger charge is -2.29. The van der Waals surface area contributed by atoms with Crippen LogP contribution in [0.3, 0.4) is 0 Å². The second-order valence-electron chi connectivity index (χ2n) is 4.89. The molecule has 0 fully saturated rings. The van der Waals surface area contributed by atoms with Crippen LogP contribution in [0.4, 0.5) is 5.69 Å². The van der Waals surface area contributed by atoms with Crippen molar-refractivity contribution in [2.75, 3.05) is 11.4 Å². The minimum Gasteiger partial charge on any atom is -0.308 e. The maximum Gasteiger partial charge on any atom is 0.259 e. The predicted octanol–water partition coefficient (Wildman–Crippen LogP) is 1.99. The maximum atomic E-state index is 12.6. The van der Waals surface area contributed by atoms with E-state index in [-0.39, 0.29) is 10.1 Å². The van der Waals surface area contributed by atoms with Gasteiger partial charge in [0.15, 0.2) is 0 Å². The van der Waals surface area contributed by atoms with Crippen molar-refractivity contribution in [3.05, 3.63) is 46.8 Å². The van der Waals surface area contributed by atoms with Crippen molar-refractivity contribution in [1.82, 2.24) is 0 Å². The van der Waals surface area contributed by atoms with Crippen molar-refractivity contribution < 1.29 is 13.2 Å². The van der Waals surface area contributed by atoms with Crippen LogP contribution in [0.1, 0.15) is 22.3 Å². The number of rotatable bonds is 2. The number of para-hydroxylation sites is 1. The summed E-state index contributed by atoms with van der Waals surface area (Å²) in [5.74, 6) is -0.187. The number of benzene rings is 1. The first kappa shape index (κ1) is 14.2. The van der Waals surface area contributed by atoms with Gasteiger partial charge in [-0.3, -0.25) is 4.79 Å². The summed E-state index contributed by atoms with van der Waals surface area (Å²) < 4.78 is 22.6. The van der Waals surface area contributed by atoms with Crippen LogP contribution in [0.25, 0.3) is 0 Å². The summed E-state index contributed by atoms with van der Waals surface area (Å²) in [5.41, 5.74) is 2.40. The van der Waals surface area contributed by atoms with Gasteiger partial charge in [0.1, 0.15) is 4.21 Å². The standard InChI is InChI=1S/C14H14N2O3S2/c15-21(18,19)13-8-11(9-20-13)14(17)16-7-3-5-10-4-1-2-6-12(10)16/h1-2,4,6,8-9H,3,5,7H2,(H2,15,18,19). The van der Waals surface area contributed by atoms with E-state index in [1.54, 1.807) is 10.3 Å². The number of hydrogen-bond acceptors (Lipinski definition) is 4. The van der Waals surface area contributed by atoms with Gasteiger partial charge in [-0.2, -0.15) is 0 Å². The van der Waals surface area contributed by atoms with Crippen molar-refractivity contribution in [3.8, 4) is 0 Å². The first-order valence-electron chi connectivity index (χ1n) is 6.48. The second-order valence-corrected chi connectivity index (χ2v) is 7.59. The highest BCUT2D eigenvalue weighted by Gasteiger charge is 2.25. The van der Waals surface area contributed by atoms with E-state index in [0.717, 1.165) is 35.4 Å². The fourth-order valence-electron chi connectivity index (χ4n) is 2.48. The molecule has 3 rings (SSSR count). The minimum atomic E-state index is -3.76. The first-order valence-corrected chi connectivity index (χ1v) is 8.90. The largest absolute Gasteiger partial charge is 0.308 e. The molecule has 0 unspecified atom stereocenters. The Morgan fingerprint density at radius 3 is 2.76 bits per heavy atom.